The van der Waals surface area contributed by atoms with Gasteiger partial charge in [-0.05, 0) is 32.6 Å². The first-order chi connectivity index (χ1) is 7.16. The SMILES string of the molecule is CC(OC1CCN(C2CC2)CC1)C(=O)O. The number of aliphatic carboxylic acids is 1. The maximum absolute atomic E-state index is 10.6. The molecule has 1 N–H and O–H groups in total. The average Bonchev–Trinajstić information content (AvgIpc) is 3.02. The number of carbonyl (C=O) groups is 1. The summed E-state index contributed by atoms with van der Waals surface area (Å²) < 4.78 is 5.47. The van der Waals surface area contributed by atoms with Crippen LogP contribution < -0.4 is 0 Å². The number of ether oxygens (including phenoxy) is 1. The normalized spacial score (nSPS) is 26.5. The van der Waals surface area contributed by atoms with Gasteiger partial charge in [-0.25, -0.2) is 4.79 Å². The summed E-state index contributed by atoms with van der Waals surface area (Å²) >= 11 is 0. The van der Waals surface area contributed by atoms with Crippen molar-refractivity contribution in [2.75, 3.05) is 13.1 Å². The maximum atomic E-state index is 10.6. The van der Waals surface area contributed by atoms with Crippen LogP contribution >= 0.6 is 0 Å². The highest BCUT2D eigenvalue weighted by Crippen LogP contribution is 2.30. The smallest absolute Gasteiger partial charge is 0.332 e. The highest BCUT2D eigenvalue weighted by molar-refractivity contribution is 5.71. The average molecular weight is 213 g/mol. The van der Waals surface area contributed by atoms with Gasteiger partial charge in [0.15, 0.2) is 6.10 Å². The van der Waals surface area contributed by atoms with Crippen molar-refractivity contribution in [1.29, 1.82) is 0 Å². The van der Waals surface area contributed by atoms with Gasteiger partial charge < -0.3 is 14.7 Å². The molecule has 0 spiro atoms. The maximum Gasteiger partial charge on any atom is 0.332 e. The van der Waals surface area contributed by atoms with Crippen molar-refractivity contribution < 1.29 is 14.6 Å². The topological polar surface area (TPSA) is 49.8 Å². The lowest BCUT2D eigenvalue weighted by Gasteiger charge is -2.32. The lowest BCUT2D eigenvalue weighted by molar-refractivity contribution is -0.154. The fourth-order valence-corrected chi connectivity index (χ4v) is 2.16. The van der Waals surface area contributed by atoms with Gasteiger partial charge in [0.25, 0.3) is 0 Å². The van der Waals surface area contributed by atoms with Gasteiger partial charge in [-0.2, -0.15) is 0 Å². The van der Waals surface area contributed by atoms with Crippen molar-refractivity contribution in [3.05, 3.63) is 0 Å². The van der Waals surface area contributed by atoms with E-state index in [2.05, 4.69) is 4.90 Å². The van der Waals surface area contributed by atoms with Crippen molar-refractivity contribution in [2.24, 2.45) is 0 Å². The number of nitrogens with zero attached hydrogens (tertiary/aromatic N) is 1. The number of carboxylic acids is 1. The van der Waals surface area contributed by atoms with E-state index in [1.54, 1.807) is 6.92 Å². The van der Waals surface area contributed by atoms with Gasteiger partial charge in [-0.1, -0.05) is 0 Å². The molecule has 2 fully saturated rings. The van der Waals surface area contributed by atoms with Crippen LogP contribution in [0.4, 0.5) is 0 Å². The Labute approximate surface area is 90.2 Å². The molecular weight excluding hydrogens is 194 g/mol. The number of rotatable bonds is 4. The summed E-state index contributed by atoms with van der Waals surface area (Å²) in [4.78, 5) is 13.1. The Morgan fingerprint density at radius 1 is 1.33 bits per heavy atom. The van der Waals surface area contributed by atoms with Crippen molar-refractivity contribution in [2.45, 2.75) is 50.9 Å². The van der Waals surface area contributed by atoms with Gasteiger partial charge in [0.05, 0.1) is 6.10 Å². The Balaban J connectivity index is 1.70. The molecule has 2 aliphatic rings. The minimum absolute atomic E-state index is 0.145. The quantitative estimate of drug-likeness (QED) is 0.760. The zero-order chi connectivity index (χ0) is 10.8. The van der Waals surface area contributed by atoms with Crippen molar-refractivity contribution in [3.8, 4) is 0 Å². The summed E-state index contributed by atoms with van der Waals surface area (Å²) in [6.45, 7) is 3.75. The first kappa shape index (κ1) is 10.9. The molecule has 1 saturated heterocycles. The minimum atomic E-state index is -0.861. The van der Waals surface area contributed by atoms with Crippen molar-refractivity contribution in [3.63, 3.8) is 0 Å². The van der Waals surface area contributed by atoms with E-state index in [1.807, 2.05) is 0 Å². The number of piperidine rings is 1. The number of carboxylic acid groups (broad SMARTS) is 1. The van der Waals surface area contributed by atoms with Crippen LogP contribution in [0.5, 0.6) is 0 Å². The van der Waals surface area contributed by atoms with Gasteiger partial charge in [-0.3, -0.25) is 0 Å². The molecule has 0 radical (unpaired) electrons. The van der Waals surface area contributed by atoms with E-state index in [1.165, 1.54) is 12.8 Å². The molecule has 86 valence electrons. The second-order valence-corrected chi connectivity index (χ2v) is 4.58. The molecule has 15 heavy (non-hydrogen) atoms. The van der Waals surface area contributed by atoms with Gasteiger partial charge in [0.2, 0.25) is 0 Å². The zero-order valence-corrected chi connectivity index (χ0v) is 9.19. The van der Waals surface area contributed by atoms with Gasteiger partial charge in [-0.15, -0.1) is 0 Å². The summed E-state index contributed by atoms with van der Waals surface area (Å²) in [5.41, 5.74) is 0. The molecule has 2 rings (SSSR count). The Bertz CT molecular complexity index is 232. The fourth-order valence-electron chi connectivity index (χ4n) is 2.16. The first-order valence-corrected chi connectivity index (χ1v) is 5.79. The fraction of sp³-hybridized carbons (Fsp3) is 0.909. The van der Waals surface area contributed by atoms with Crippen LogP contribution in [0.3, 0.4) is 0 Å². The molecule has 4 heteroatoms. The van der Waals surface area contributed by atoms with E-state index in [9.17, 15) is 4.79 Å². The lowest BCUT2D eigenvalue weighted by atomic mass is 10.1. The minimum Gasteiger partial charge on any atom is -0.479 e. The molecule has 0 amide bonds. The van der Waals surface area contributed by atoms with Crippen LogP contribution in [0.2, 0.25) is 0 Å². The Hall–Kier alpha value is -0.610. The number of hydrogen-bond donors (Lipinski definition) is 1. The largest absolute Gasteiger partial charge is 0.479 e. The predicted octanol–water partition coefficient (Wildman–Crippen LogP) is 1.10. The molecule has 1 aliphatic heterocycles. The Kier molecular flexibility index (Phi) is 3.26. The molecule has 1 unspecified atom stereocenters. The number of likely N-dealkylation sites (tertiary alicyclic amines) is 1. The Morgan fingerprint density at radius 2 is 1.93 bits per heavy atom. The van der Waals surface area contributed by atoms with Crippen LogP contribution in [0.1, 0.15) is 32.6 Å². The van der Waals surface area contributed by atoms with Gasteiger partial charge in [0, 0.05) is 19.1 Å². The van der Waals surface area contributed by atoms with E-state index in [0.29, 0.717) is 0 Å². The van der Waals surface area contributed by atoms with Crippen LogP contribution in [0.15, 0.2) is 0 Å². The van der Waals surface area contributed by atoms with E-state index in [-0.39, 0.29) is 6.10 Å². The molecule has 1 aliphatic carbocycles. The molecule has 4 nitrogen and oxygen atoms in total. The van der Waals surface area contributed by atoms with Crippen LogP contribution in [-0.4, -0.2) is 47.3 Å². The third-order valence-corrected chi connectivity index (χ3v) is 3.28. The summed E-state index contributed by atoms with van der Waals surface area (Å²) in [6.07, 6.45) is 4.13. The van der Waals surface area contributed by atoms with Crippen LogP contribution in [-0.2, 0) is 9.53 Å². The second kappa shape index (κ2) is 4.49. The summed E-state index contributed by atoms with van der Waals surface area (Å²) in [6, 6.07) is 0.822. The zero-order valence-electron chi connectivity index (χ0n) is 9.19. The molecule has 1 heterocycles. The third kappa shape index (κ3) is 2.92. The number of hydrogen-bond acceptors (Lipinski definition) is 3. The molecule has 0 bridgehead atoms. The predicted molar refractivity (Wildman–Crippen MR) is 55.8 cm³/mol. The van der Waals surface area contributed by atoms with Crippen molar-refractivity contribution in [1.82, 2.24) is 4.90 Å². The summed E-state index contributed by atoms with van der Waals surface area (Å²) in [5, 5.41) is 8.73. The lowest BCUT2D eigenvalue weighted by Crippen LogP contribution is -2.40. The van der Waals surface area contributed by atoms with E-state index in [4.69, 9.17) is 9.84 Å². The summed E-state index contributed by atoms with van der Waals surface area (Å²) in [7, 11) is 0. The molecule has 0 aromatic carbocycles. The second-order valence-electron chi connectivity index (χ2n) is 4.58. The van der Waals surface area contributed by atoms with Crippen LogP contribution in [0.25, 0.3) is 0 Å². The van der Waals surface area contributed by atoms with Crippen molar-refractivity contribution >= 4 is 5.97 Å². The van der Waals surface area contributed by atoms with E-state index in [0.717, 1.165) is 32.0 Å². The highest BCUT2D eigenvalue weighted by Gasteiger charge is 2.32. The molecule has 0 aromatic heterocycles. The Morgan fingerprint density at radius 3 is 2.40 bits per heavy atom. The van der Waals surface area contributed by atoms with Crippen LogP contribution in [0, 0.1) is 0 Å². The standard InChI is InChI=1S/C11H19NO3/c1-8(11(13)14)15-10-4-6-12(7-5-10)9-2-3-9/h8-10H,2-7H2,1H3,(H,13,14). The molecular formula is C11H19NO3. The van der Waals surface area contributed by atoms with E-state index < -0.39 is 12.1 Å². The van der Waals surface area contributed by atoms with E-state index >= 15 is 0 Å². The molecule has 1 saturated carbocycles. The van der Waals surface area contributed by atoms with Gasteiger partial charge >= 0.3 is 5.97 Å². The first-order valence-electron chi connectivity index (χ1n) is 5.79. The molecule has 0 aromatic rings. The highest BCUT2D eigenvalue weighted by atomic mass is 16.5. The molecule has 1 atom stereocenters. The summed E-state index contributed by atoms with van der Waals surface area (Å²) in [5.74, 6) is -0.861. The van der Waals surface area contributed by atoms with Gasteiger partial charge in [0.1, 0.15) is 0 Å². The third-order valence-electron chi connectivity index (χ3n) is 3.28. The monoisotopic (exact) mass is 213 g/mol.